The predicted octanol–water partition coefficient (Wildman–Crippen LogP) is 5.54. The minimum absolute atomic E-state index is 0.245. The summed E-state index contributed by atoms with van der Waals surface area (Å²) in [5.41, 5.74) is 2.89. The van der Waals surface area contributed by atoms with Crippen LogP contribution < -0.4 is 0 Å². The number of alkyl halides is 1. The van der Waals surface area contributed by atoms with Gasteiger partial charge in [0.05, 0.1) is 27.8 Å². The van der Waals surface area contributed by atoms with E-state index in [9.17, 15) is 12.6 Å². The number of hydrogen-bond acceptors (Lipinski definition) is 3. The monoisotopic (exact) mass is 577 g/mol. The van der Waals surface area contributed by atoms with Gasteiger partial charge in [0.2, 0.25) is 10.0 Å². The third kappa shape index (κ3) is 4.48. The molecule has 0 amide bonds. The van der Waals surface area contributed by atoms with E-state index in [-0.39, 0.29) is 4.90 Å². The largest absolute Gasteiger partial charge is 0.249 e. The minimum Gasteiger partial charge on any atom is -0.249 e. The average Bonchev–Trinajstić information content (AvgIpc) is 3.20. The molecule has 32 heavy (non-hydrogen) atoms. The van der Waals surface area contributed by atoms with Crippen LogP contribution in [0.25, 0.3) is 0 Å². The van der Waals surface area contributed by atoms with Crippen LogP contribution in [0.1, 0.15) is 22.7 Å². The number of halogens is 1. The van der Waals surface area contributed by atoms with Crippen LogP contribution in [0.5, 0.6) is 0 Å². The van der Waals surface area contributed by atoms with E-state index in [4.69, 9.17) is 0 Å². The molecule has 1 aliphatic rings. The maximum atomic E-state index is 13.8. The van der Waals surface area contributed by atoms with Crippen LogP contribution in [0.15, 0.2) is 99.6 Å². The number of hydrogen-bond donors (Lipinski definition) is 0. The van der Waals surface area contributed by atoms with Gasteiger partial charge in [-0.3, -0.25) is 0 Å². The fraction of sp³-hybridized carbons (Fsp3) is 0.200. The molecule has 4 nitrogen and oxygen atoms in total. The number of benzene rings is 3. The lowest BCUT2D eigenvalue weighted by Crippen LogP contribution is -2.39. The van der Waals surface area contributed by atoms with E-state index in [2.05, 4.69) is 22.6 Å². The fourth-order valence-electron chi connectivity index (χ4n) is 3.84. The van der Waals surface area contributed by atoms with Crippen LogP contribution in [-0.4, -0.2) is 27.4 Å². The van der Waals surface area contributed by atoms with Crippen molar-refractivity contribution in [1.82, 2.24) is 4.31 Å². The Kier molecular flexibility index (Phi) is 7.00. The highest BCUT2D eigenvalue weighted by Crippen LogP contribution is 2.44. The smallest absolute Gasteiger partial charge is 0.244 e. The first-order valence-corrected chi connectivity index (χ1v) is 14.4. The van der Waals surface area contributed by atoms with Crippen LogP contribution in [0.2, 0.25) is 0 Å². The van der Waals surface area contributed by atoms with E-state index < -0.39 is 32.9 Å². The van der Waals surface area contributed by atoms with Crippen molar-refractivity contribution in [1.29, 1.82) is 0 Å². The summed E-state index contributed by atoms with van der Waals surface area (Å²) in [6.07, 6.45) is 1.88. The quantitative estimate of drug-likeness (QED) is 0.286. The van der Waals surface area contributed by atoms with Crippen molar-refractivity contribution in [2.24, 2.45) is 0 Å². The van der Waals surface area contributed by atoms with E-state index in [1.165, 1.54) is 4.31 Å². The summed E-state index contributed by atoms with van der Waals surface area (Å²) in [5.74, 6) is 0. The maximum Gasteiger partial charge on any atom is 0.244 e. The first-order chi connectivity index (χ1) is 15.3. The minimum atomic E-state index is -3.83. The van der Waals surface area contributed by atoms with Gasteiger partial charge in [0.1, 0.15) is 0 Å². The first kappa shape index (κ1) is 23.4. The molecule has 0 fully saturated rings. The van der Waals surface area contributed by atoms with E-state index in [1.54, 1.807) is 24.3 Å². The number of nitrogens with zero attached hydrogens (tertiary/aromatic N) is 1. The highest BCUT2D eigenvalue weighted by Gasteiger charge is 2.45. The second kappa shape index (κ2) is 9.59. The van der Waals surface area contributed by atoms with Crippen molar-refractivity contribution in [2.75, 3.05) is 4.43 Å². The van der Waals surface area contributed by atoms with Crippen LogP contribution in [-0.2, 0) is 20.8 Å². The van der Waals surface area contributed by atoms with Gasteiger partial charge in [-0.05, 0) is 43.7 Å². The maximum absolute atomic E-state index is 13.8. The van der Waals surface area contributed by atoms with Gasteiger partial charge < -0.3 is 0 Å². The van der Waals surface area contributed by atoms with Crippen LogP contribution in [0.3, 0.4) is 0 Å². The predicted molar refractivity (Wildman–Crippen MR) is 138 cm³/mol. The Morgan fingerprint density at radius 2 is 1.44 bits per heavy atom. The lowest BCUT2D eigenvalue weighted by molar-refractivity contribution is 0.362. The molecule has 3 atom stereocenters. The summed E-state index contributed by atoms with van der Waals surface area (Å²) < 4.78 is 43.4. The molecule has 0 aromatic heterocycles. The molecule has 0 bridgehead atoms. The normalized spacial score (nSPS) is 20.2. The van der Waals surface area contributed by atoms with Gasteiger partial charge >= 0.3 is 0 Å². The van der Waals surface area contributed by atoms with Crippen LogP contribution in [0, 0.1) is 13.8 Å². The molecule has 3 aromatic carbocycles. The molecule has 1 heterocycles. The van der Waals surface area contributed by atoms with Gasteiger partial charge in [0.15, 0.2) is 0 Å². The Labute approximate surface area is 206 Å². The molecule has 0 saturated heterocycles. The van der Waals surface area contributed by atoms with Crippen LogP contribution >= 0.6 is 22.6 Å². The highest BCUT2D eigenvalue weighted by atomic mass is 127. The summed E-state index contributed by atoms with van der Waals surface area (Å²) in [6.45, 7) is 3.91. The van der Waals surface area contributed by atoms with Crippen molar-refractivity contribution >= 4 is 43.4 Å². The Morgan fingerprint density at radius 1 is 0.875 bits per heavy atom. The zero-order valence-electron chi connectivity index (χ0n) is 17.8. The van der Waals surface area contributed by atoms with Gasteiger partial charge in [-0.1, -0.05) is 94.4 Å². The molecule has 0 spiro atoms. The number of aryl methyl sites for hydroxylation is 2. The van der Waals surface area contributed by atoms with Gasteiger partial charge in [0.25, 0.3) is 0 Å². The molecule has 0 N–H and O–H groups in total. The molecule has 4 rings (SSSR count). The summed E-state index contributed by atoms with van der Waals surface area (Å²) >= 11 is 2.20. The number of sulfonamides is 1. The zero-order chi connectivity index (χ0) is 22.9. The molecule has 3 aromatic rings. The van der Waals surface area contributed by atoms with Gasteiger partial charge in [-0.2, -0.15) is 4.31 Å². The molecule has 1 aliphatic heterocycles. The molecule has 0 aliphatic carbocycles. The molecule has 0 unspecified atom stereocenters. The molecule has 7 heteroatoms. The summed E-state index contributed by atoms with van der Waals surface area (Å²) in [5, 5.41) is 0. The standard InChI is InChI=1S/C25H24INO3S2/c1-18-8-12-22(13-9-18)31(28)24-16-21(17-26)27(25(24)20-6-4-3-5-7-20)32(29,30)23-14-10-19(2)11-15-23/h3-16,21,25H,17H2,1-2H3/t21-,25+,31+/m1/s1. The number of rotatable bonds is 6. The van der Waals surface area contributed by atoms with Crippen molar-refractivity contribution in [3.05, 3.63) is 107 Å². The van der Waals surface area contributed by atoms with Crippen molar-refractivity contribution in [2.45, 2.75) is 35.7 Å². The highest BCUT2D eigenvalue weighted by molar-refractivity contribution is 14.1. The van der Waals surface area contributed by atoms with Crippen molar-refractivity contribution in [3.63, 3.8) is 0 Å². The van der Waals surface area contributed by atoms with E-state index in [1.807, 2.05) is 74.5 Å². The van der Waals surface area contributed by atoms with Gasteiger partial charge in [0, 0.05) is 14.2 Å². The average molecular weight is 578 g/mol. The van der Waals surface area contributed by atoms with Gasteiger partial charge in [-0.15, -0.1) is 0 Å². The Bertz CT molecular complexity index is 1250. The summed E-state index contributed by atoms with van der Waals surface area (Å²) in [7, 11) is -5.31. The molecular formula is C25H24INO3S2. The lowest BCUT2D eigenvalue weighted by atomic mass is 10.1. The lowest BCUT2D eigenvalue weighted by Gasteiger charge is -2.30. The van der Waals surface area contributed by atoms with E-state index in [0.717, 1.165) is 16.7 Å². The molecular weight excluding hydrogens is 553 g/mol. The second-order valence-corrected chi connectivity index (χ2v) is 12.0. The zero-order valence-corrected chi connectivity index (χ0v) is 21.6. The molecule has 0 saturated carbocycles. The molecule has 166 valence electrons. The SMILES string of the molecule is Cc1ccc([S@](=O)C2=C[C@H](CI)N(S(=O)(=O)c3ccc(C)cc3)[C@H]2c2ccccc2)cc1. The Hall–Kier alpha value is -1.81. The van der Waals surface area contributed by atoms with Crippen molar-refractivity contribution < 1.29 is 12.6 Å². The third-order valence-corrected chi connectivity index (χ3v) is 9.82. The van der Waals surface area contributed by atoms with Crippen molar-refractivity contribution in [3.8, 4) is 0 Å². The van der Waals surface area contributed by atoms with Gasteiger partial charge in [-0.25, -0.2) is 12.6 Å². The third-order valence-electron chi connectivity index (χ3n) is 5.53. The Morgan fingerprint density at radius 3 is 2.00 bits per heavy atom. The fourth-order valence-corrected chi connectivity index (χ4v) is 7.97. The summed E-state index contributed by atoms with van der Waals surface area (Å²) in [4.78, 5) is 1.52. The topological polar surface area (TPSA) is 54.5 Å². The van der Waals surface area contributed by atoms with E-state index in [0.29, 0.717) is 14.2 Å². The first-order valence-electron chi connectivity index (χ1n) is 10.2. The van der Waals surface area contributed by atoms with E-state index >= 15 is 0 Å². The summed E-state index contributed by atoms with van der Waals surface area (Å²) in [6, 6.07) is 22.9. The Balaban J connectivity index is 1.85. The molecule has 0 radical (unpaired) electrons. The van der Waals surface area contributed by atoms with Crippen LogP contribution in [0.4, 0.5) is 0 Å². The second-order valence-electron chi connectivity index (χ2n) is 7.83.